The molecule has 6 nitrogen and oxygen atoms in total. The number of hydrogen-bond acceptors (Lipinski definition) is 4. The van der Waals surface area contributed by atoms with E-state index in [1.807, 2.05) is 0 Å². The predicted molar refractivity (Wildman–Crippen MR) is 110 cm³/mol. The van der Waals surface area contributed by atoms with Crippen LogP contribution in [0.15, 0.2) is 11.0 Å². The summed E-state index contributed by atoms with van der Waals surface area (Å²) in [5.41, 5.74) is 6.10. The fraction of sp³-hybridized carbons (Fsp3) is 0.524. The van der Waals surface area contributed by atoms with E-state index >= 15 is 4.39 Å². The molecule has 1 aliphatic carbocycles. The Hall–Kier alpha value is -2.12. The molecular weight excluding hydrogens is 397 g/mol. The first-order valence-electron chi connectivity index (χ1n) is 10.1. The first-order chi connectivity index (χ1) is 13.8. The Morgan fingerprint density at radius 3 is 2.34 bits per heavy atom. The van der Waals surface area contributed by atoms with Crippen LogP contribution < -0.4 is 16.1 Å². The van der Waals surface area contributed by atoms with E-state index in [1.54, 1.807) is 11.5 Å². The van der Waals surface area contributed by atoms with Crippen molar-refractivity contribution >= 4 is 34.2 Å². The number of carboxylic acid groups (broad SMARTS) is 1. The normalized spacial score (nSPS) is 26.3. The number of carboxylic acids is 1. The third kappa shape index (κ3) is 2.70. The van der Waals surface area contributed by atoms with Gasteiger partial charge in [0.1, 0.15) is 5.56 Å². The van der Waals surface area contributed by atoms with Gasteiger partial charge < -0.3 is 20.3 Å². The van der Waals surface area contributed by atoms with Gasteiger partial charge in [-0.1, -0.05) is 11.6 Å². The van der Waals surface area contributed by atoms with E-state index in [1.165, 1.54) is 6.20 Å². The number of anilines is 1. The van der Waals surface area contributed by atoms with Crippen LogP contribution in [0.25, 0.3) is 10.9 Å². The highest BCUT2D eigenvalue weighted by molar-refractivity contribution is 6.38. The van der Waals surface area contributed by atoms with E-state index in [0.29, 0.717) is 11.2 Å². The molecule has 2 aliphatic heterocycles. The number of fused-ring (bicyclic) bond motifs is 3. The lowest BCUT2D eigenvalue weighted by molar-refractivity contribution is 0.0695. The summed E-state index contributed by atoms with van der Waals surface area (Å²) >= 11 is 6.81. The van der Waals surface area contributed by atoms with Gasteiger partial charge in [0.2, 0.25) is 5.43 Å². The minimum Gasteiger partial charge on any atom is -0.477 e. The molecule has 0 radical (unpaired) electrons. The lowest BCUT2D eigenvalue weighted by atomic mass is 9.96. The van der Waals surface area contributed by atoms with Gasteiger partial charge in [-0.15, -0.1) is 0 Å². The smallest absolute Gasteiger partial charge is 0.341 e. The van der Waals surface area contributed by atoms with Crippen molar-refractivity contribution < 1.29 is 14.3 Å². The van der Waals surface area contributed by atoms with Gasteiger partial charge in [0, 0.05) is 35.9 Å². The Morgan fingerprint density at radius 1 is 1.21 bits per heavy atom. The van der Waals surface area contributed by atoms with Gasteiger partial charge in [-0.05, 0) is 45.4 Å². The minimum absolute atomic E-state index is 0.0732. The number of aromatic carboxylic acids is 1. The SMILES string of the molecule is Cc1c(F)c(N2C3CCC2CC(N)C3)c(Cl)c2c1c(=O)c(C(=O)O)cn2C1CC1. The zero-order chi connectivity index (χ0) is 20.6. The maximum absolute atomic E-state index is 15.7. The number of halogens is 2. The first-order valence-corrected chi connectivity index (χ1v) is 10.5. The Morgan fingerprint density at radius 2 is 1.79 bits per heavy atom. The van der Waals surface area contributed by atoms with Gasteiger partial charge in [0.05, 0.1) is 21.6 Å². The number of carbonyl (C=O) groups is 1. The number of piperidine rings is 1. The first kappa shape index (κ1) is 18.9. The molecule has 1 aromatic carbocycles. The fourth-order valence-corrected chi connectivity index (χ4v) is 5.68. The van der Waals surface area contributed by atoms with Crippen LogP contribution in [0, 0.1) is 12.7 Å². The number of pyridine rings is 1. The molecule has 1 aromatic heterocycles. The van der Waals surface area contributed by atoms with Crippen LogP contribution in [0.1, 0.15) is 60.5 Å². The molecule has 29 heavy (non-hydrogen) atoms. The van der Waals surface area contributed by atoms with Crippen LogP contribution in [0.5, 0.6) is 0 Å². The van der Waals surface area contributed by atoms with Gasteiger partial charge in [-0.2, -0.15) is 0 Å². The van der Waals surface area contributed by atoms with Gasteiger partial charge in [-0.3, -0.25) is 4.79 Å². The summed E-state index contributed by atoms with van der Waals surface area (Å²) in [6, 6.07) is 0.451. The predicted octanol–water partition coefficient (Wildman–Crippen LogP) is 3.59. The zero-order valence-corrected chi connectivity index (χ0v) is 16.9. The van der Waals surface area contributed by atoms with Crippen LogP contribution in [0.4, 0.5) is 10.1 Å². The number of aryl methyl sites for hydroxylation is 1. The Balaban J connectivity index is 1.82. The van der Waals surface area contributed by atoms with Crippen molar-refractivity contribution in [2.75, 3.05) is 4.90 Å². The second kappa shape index (κ2) is 6.44. The molecule has 5 rings (SSSR count). The Labute approximate surface area is 172 Å². The van der Waals surface area contributed by atoms with Crippen LogP contribution in [-0.2, 0) is 0 Å². The number of nitrogens with two attached hydrogens (primary N) is 1. The molecule has 0 amide bonds. The highest BCUT2D eigenvalue weighted by atomic mass is 35.5. The van der Waals surface area contributed by atoms with E-state index in [4.69, 9.17) is 17.3 Å². The second-order valence-electron chi connectivity index (χ2n) is 8.66. The highest BCUT2D eigenvalue weighted by Crippen LogP contribution is 2.47. The maximum Gasteiger partial charge on any atom is 0.341 e. The van der Waals surface area contributed by atoms with Crippen LogP contribution in [-0.4, -0.2) is 33.8 Å². The third-order valence-corrected chi connectivity index (χ3v) is 7.12. The van der Waals surface area contributed by atoms with E-state index in [0.717, 1.165) is 38.5 Å². The number of hydrogen-bond donors (Lipinski definition) is 2. The molecule has 2 bridgehead atoms. The molecule has 2 atom stereocenters. The summed E-state index contributed by atoms with van der Waals surface area (Å²) in [4.78, 5) is 26.6. The van der Waals surface area contributed by atoms with Crippen molar-refractivity contribution in [3.63, 3.8) is 0 Å². The van der Waals surface area contributed by atoms with Gasteiger partial charge in [-0.25, -0.2) is 9.18 Å². The summed E-state index contributed by atoms with van der Waals surface area (Å²) in [6.07, 6.45) is 6.59. The zero-order valence-electron chi connectivity index (χ0n) is 16.1. The van der Waals surface area contributed by atoms with Crippen molar-refractivity contribution in [3.8, 4) is 0 Å². The molecule has 8 heteroatoms. The van der Waals surface area contributed by atoms with Crippen LogP contribution in [0.3, 0.4) is 0 Å². The molecule has 154 valence electrons. The van der Waals surface area contributed by atoms with Crippen molar-refractivity contribution in [1.82, 2.24) is 4.57 Å². The molecule has 1 saturated carbocycles. The summed E-state index contributed by atoms with van der Waals surface area (Å²) in [6.45, 7) is 1.54. The van der Waals surface area contributed by atoms with Gasteiger partial charge in [0.15, 0.2) is 5.82 Å². The summed E-state index contributed by atoms with van der Waals surface area (Å²) < 4.78 is 17.4. The van der Waals surface area contributed by atoms with Gasteiger partial charge in [0.25, 0.3) is 0 Å². The number of nitrogens with zero attached hydrogens (tertiary/aromatic N) is 2. The van der Waals surface area contributed by atoms with Crippen molar-refractivity contribution in [2.24, 2.45) is 5.73 Å². The Bertz CT molecular complexity index is 1100. The van der Waals surface area contributed by atoms with E-state index in [-0.39, 0.29) is 45.7 Å². The van der Waals surface area contributed by atoms with Crippen LogP contribution >= 0.6 is 11.6 Å². The molecule has 3 N–H and O–H groups in total. The second-order valence-corrected chi connectivity index (χ2v) is 9.04. The van der Waals surface area contributed by atoms with E-state index in [2.05, 4.69) is 4.90 Å². The fourth-order valence-electron chi connectivity index (χ4n) is 5.30. The van der Waals surface area contributed by atoms with E-state index < -0.39 is 17.2 Å². The molecule has 2 unspecified atom stereocenters. The van der Waals surface area contributed by atoms with E-state index in [9.17, 15) is 14.7 Å². The van der Waals surface area contributed by atoms with Crippen molar-refractivity contribution in [1.29, 1.82) is 0 Å². The third-order valence-electron chi connectivity index (χ3n) is 6.76. The quantitative estimate of drug-likeness (QED) is 0.793. The standard InChI is InChI=1S/C21H23ClFN3O3/c1-9-15-18(25(11-2-3-11)8-14(20(15)27)21(28)29)16(22)19(17(9)23)26-12-4-5-13(26)7-10(24)6-12/h8,10-13H,2-7,24H2,1H3,(H,28,29). The lowest BCUT2D eigenvalue weighted by Gasteiger charge is -2.40. The van der Waals surface area contributed by atoms with Crippen molar-refractivity contribution in [3.05, 3.63) is 38.4 Å². The minimum atomic E-state index is -1.31. The van der Waals surface area contributed by atoms with Crippen molar-refractivity contribution in [2.45, 2.75) is 69.6 Å². The average molecular weight is 420 g/mol. The lowest BCUT2D eigenvalue weighted by Crippen LogP contribution is -2.48. The summed E-state index contributed by atoms with van der Waals surface area (Å²) in [5, 5.41) is 9.76. The molecule has 3 aliphatic rings. The maximum atomic E-state index is 15.7. The molecule has 2 saturated heterocycles. The molecule has 0 spiro atoms. The molecule has 3 heterocycles. The molecule has 2 aromatic rings. The number of aromatic nitrogens is 1. The summed E-state index contributed by atoms with van der Waals surface area (Å²) in [5.74, 6) is -1.84. The Kier molecular flexibility index (Phi) is 4.19. The molecule has 3 fully saturated rings. The highest BCUT2D eigenvalue weighted by Gasteiger charge is 2.43. The average Bonchev–Trinajstić information content (AvgIpc) is 3.46. The van der Waals surface area contributed by atoms with Crippen LogP contribution in [0.2, 0.25) is 5.02 Å². The van der Waals surface area contributed by atoms with Gasteiger partial charge >= 0.3 is 5.97 Å². The summed E-state index contributed by atoms with van der Waals surface area (Å²) in [7, 11) is 0. The number of benzene rings is 1. The topological polar surface area (TPSA) is 88.6 Å². The monoisotopic (exact) mass is 419 g/mol. The number of rotatable bonds is 3. The largest absolute Gasteiger partial charge is 0.477 e. The molecular formula is C21H23ClFN3O3.